The molecule has 1 unspecified atom stereocenters. The summed E-state index contributed by atoms with van der Waals surface area (Å²) >= 11 is 6.43. The molecule has 0 radical (unpaired) electrons. The topological polar surface area (TPSA) is 65.8 Å². The molecular formula is C28H32ClN3O3. The molecule has 2 amide bonds. The normalized spacial score (nSPS) is 14.1. The molecule has 1 N–H and O–H groups in total. The lowest BCUT2D eigenvalue weighted by Gasteiger charge is -2.28. The van der Waals surface area contributed by atoms with E-state index in [1.54, 1.807) is 12.3 Å². The number of unbranched alkanes of at least 4 members (excludes halogenated alkanes) is 1. The molecule has 1 aromatic heterocycles. The van der Waals surface area contributed by atoms with E-state index in [9.17, 15) is 9.59 Å². The summed E-state index contributed by atoms with van der Waals surface area (Å²) in [6.45, 7) is 5.01. The molecule has 1 aliphatic rings. The number of carbonyl (C=O) groups excluding carboxylic acids is 2. The second kappa shape index (κ2) is 11.9. The first-order valence-electron chi connectivity index (χ1n) is 12.3. The molecule has 0 spiro atoms. The van der Waals surface area contributed by atoms with Crippen molar-refractivity contribution in [2.45, 2.75) is 44.5 Å². The Morgan fingerprint density at radius 2 is 1.86 bits per heavy atom. The first-order chi connectivity index (χ1) is 17.1. The maximum atomic E-state index is 13.6. The monoisotopic (exact) mass is 493 g/mol. The number of nitrogens with one attached hydrogen (secondary N) is 1. The van der Waals surface area contributed by atoms with E-state index in [4.69, 9.17) is 16.0 Å². The van der Waals surface area contributed by atoms with Gasteiger partial charge in [-0.2, -0.15) is 0 Å². The maximum Gasteiger partial charge on any atom is 0.256 e. The van der Waals surface area contributed by atoms with Crippen LogP contribution in [0.15, 0.2) is 71.3 Å². The zero-order chi connectivity index (χ0) is 24.6. The Morgan fingerprint density at radius 3 is 2.54 bits per heavy atom. The van der Waals surface area contributed by atoms with Gasteiger partial charge in [-0.1, -0.05) is 43.7 Å². The Balaban J connectivity index is 1.63. The third-order valence-corrected chi connectivity index (χ3v) is 6.71. The van der Waals surface area contributed by atoms with Crippen LogP contribution in [0.5, 0.6) is 0 Å². The number of anilines is 2. The molecular weight excluding hydrogens is 462 g/mol. The first kappa shape index (κ1) is 24.9. The number of benzene rings is 2. The maximum absolute atomic E-state index is 13.6. The molecule has 35 heavy (non-hydrogen) atoms. The van der Waals surface area contributed by atoms with Crippen molar-refractivity contribution in [2.75, 3.05) is 29.9 Å². The smallest absolute Gasteiger partial charge is 0.256 e. The van der Waals surface area contributed by atoms with Gasteiger partial charge >= 0.3 is 0 Å². The van der Waals surface area contributed by atoms with Gasteiger partial charge in [0.2, 0.25) is 5.91 Å². The lowest BCUT2D eigenvalue weighted by Crippen LogP contribution is -2.31. The van der Waals surface area contributed by atoms with E-state index in [-0.39, 0.29) is 11.8 Å². The quantitative estimate of drug-likeness (QED) is 0.339. The van der Waals surface area contributed by atoms with Crippen molar-refractivity contribution < 1.29 is 14.0 Å². The largest absolute Gasteiger partial charge is 0.467 e. The Hall–Kier alpha value is -3.25. The summed E-state index contributed by atoms with van der Waals surface area (Å²) in [7, 11) is 0. The summed E-state index contributed by atoms with van der Waals surface area (Å²) in [5, 5.41) is 2.08. The van der Waals surface area contributed by atoms with Crippen molar-refractivity contribution in [3.05, 3.63) is 83.8 Å². The van der Waals surface area contributed by atoms with Crippen LogP contribution in [0.25, 0.3) is 0 Å². The van der Waals surface area contributed by atoms with Crippen molar-refractivity contribution >= 4 is 34.8 Å². The van der Waals surface area contributed by atoms with Crippen LogP contribution in [0, 0.1) is 0 Å². The molecule has 1 saturated heterocycles. The van der Waals surface area contributed by atoms with E-state index < -0.39 is 5.38 Å². The summed E-state index contributed by atoms with van der Waals surface area (Å²) < 4.78 is 5.60. The fraction of sp³-hybridized carbons (Fsp3) is 0.357. The summed E-state index contributed by atoms with van der Waals surface area (Å²) in [5.41, 5.74) is 2.70. The molecule has 1 atom stereocenters. The number of hydrogen-bond acceptors (Lipinski definition) is 4. The molecule has 1 fully saturated rings. The number of furan rings is 1. The molecule has 0 aliphatic carbocycles. The van der Waals surface area contributed by atoms with E-state index >= 15 is 0 Å². The number of rotatable bonds is 10. The first-order valence-corrected chi connectivity index (χ1v) is 12.7. The van der Waals surface area contributed by atoms with Crippen molar-refractivity contribution in [2.24, 2.45) is 0 Å². The van der Waals surface area contributed by atoms with Crippen LogP contribution in [-0.4, -0.2) is 36.3 Å². The van der Waals surface area contributed by atoms with Gasteiger partial charge < -0.3 is 19.5 Å². The highest BCUT2D eigenvalue weighted by Gasteiger charge is 2.26. The van der Waals surface area contributed by atoms with Crippen molar-refractivity contribution in [3.63, 3.8) is 0 Å². The van der Waals surface area contributed by atoms with Gasteiger partial charge in [-0.25, -0.2) is 0 Å². The van der Waals surface area contributed by atoms with E-state index in [0.717, 1.165) is 62.3 Å². The molecule has 1 aliphatic heterocycles. The summed E-state index contributed by atoms with van der Waals surface area (Å²) in [6, 6.07) is 18.6. The zero-order valence-electron chi connectivity index (χ0n) is 20.1. The van der Waals surface area contributed by atoms with Gasteiger partial charge in [0.05, 0.1) is 24.1 Å². The highest BCUT2D eigenvalue weighted by atomic mass is 35.5. The van der Waals surface area contributed by atoms with E-state index in [2.05, 4.69) is 17.1 Å². The van der Waals surface area contributed by atoms with Crippen molar-refractivity contribution in [1.82, 2.24) is 4.90 Å². The average molecular weight is 494 g/mol. The lowest BCUT2D eigenvalue weighted by atomic mass is 10.1. The second-order valence-electron chi connectivity index (χ2n) is 8.85. The van der Waals surface area contributed by atoms with Crippen molar-refractivity contribution in [1.29, 1.82) is 0 Å². The fourth-order valence-corrected chi connectivity index (χ4v) is 4.55. The fourth-order valence-electron chi connectivity index (χ4n) is 4.35. The van der Waals surface area contributed by atoms with Crippen LogP contribution in [0.4, 0.5) is 11.4 Å². The summed E-state index contributed by atoms with van der Waals surface area (Å²) in [6.07, 6.45) is 5.71. The van der Waals surface area contributed by atoms with Gasteiger partial charge in [-0.05, 0) is 55.2 Å². The van der Waals surface area contributed by atoms with E-state index in [1.165, 1.54) is 0 Å². The van der Waals surface area contributed by atoms with Crippen LogP contribution >= 0.6 is 11.6 Å². The molecule has 0 bridgehead atoms. The highest BCUT2D eigenvalue weighted by Crippen LogP contribution is 2.30. The van der Waals surface area contributed by atoms with E-state index in [1.807, 2.05) is 59.5 Å². The Morgan fingerprint density at radius 1 is 1.09 bits per heavy atom. The van der Waals surface area contributed by atoms with Crippen LogP contribution in [0.1, 0.15) is 59.7 Å². The Bertz CT molecular complexity index is 1110. The number of carbonyl (C=O) groups is 2. The van der Waals surface area contributed by atoms with Crippen LogP contribution in [0.3, 0.4) is 0 Å². The molecule has 184 valence electrons. The minimum Gasteiger partial charge on any atom is -0.467 e. The minimum absolute atomic E-state index is 0.0139. The molecule has 2 heterocycles. The van der Waals surface area contributed by atoms with Gasteiger partial charge in [0.15, 0.2) is 0 Å². The SMILES string of the molecule is CCCCN(Cc1ccco1)c1ccc(NC(=O)C(Cl)c2ccccc2)cc1C(=O)N1CCCC1. The Kier molecular flexibility index (Phi) is 8.48. The number of hydrogen-bond donors (Lipinski definition) is 1. The summed E-state index contributed by atoms with van der Waals surface area (Å²) in [5.74, 6) is 0.495. The number of amides is 2. The highest BCUT2D eigenvalue weighted by molar-refractivity contribution is 6.32. The zero-order valence-corrected chi connectivity index (χ0v) is 20.8. The molecule has 4 rings (SSSR count). The standard InChI is InChI=1S/C28H32ClN3O3/c1-2-3-15-32(20-23-12-9-18-35-23)25-14-13-22(19-24(25)28(34)31-16-7-8-17-31)30-27(33)26(29)21-10-5-4-6-11-21/h4-6,9-14,18-19,26H,2-3,7-8,15-17,20H2,1H3,(H,30,33). The van der Waals surface area contributed by atoms with Gasteiger partial charge in [0, 0.05) is 25.3 Å². The van der Waals surface area contributed by atoms with E-state index in [0.29, 0.717) is 17.8 Å². The molecule has 7 heteroatoms. The van der Waals surface area contributed by atoms with Gasteiger partial charge in [0.1, 0.15) is 11.1 Å². The molecule has 0 saturated carbocycles. The molecule has 2 aromatic carbocycles. The Labute approximate surface area is 211 Å². The number of likely N-dealkylation sites (tertiary alicyclic amines) is 1. The summed E-state index contributed by atoms with van der Waals surface area (Å²) in [4.78, 5) is 30.5. The number of alkyl halides is 1. The third-order valence-electron chi connectivity index (χ3n) is 6.26. The van der Waals surface area contributed by atoms with Crippen LogP contribution in [-0.2, 0) is 11.3 Å². The second-order valence-corrected chi connectivity index (χ2v) is 9.28. The van der Waals surface area contributed by atoms with Gasteiger partial charge in [0.25, 0.3) is 5.91 Å². The van der Waals surface area contributed by atoms with Gasteiger partial charge in [-0.15, -0.1) is 11.6 Å². The lowest BCUT2D eigenvalue weighted by molar-refractivity contribution is -0.116. The third kappa shape index (κ3) is 6.25. The van der Waals surface area contributed by atoms with Crippen LogP contribution < -0.4 is 10.2 Å². The molecule has 6 nitrogen and oxygen atoms in total. The minimum atomic E-state index is -0.825. The average Bonchev–Trinajstić information content (AvgIpc) is 3.61. The van der Waals surface area contributed by atoms with Crippen LogP contribution in [0.2, 0.25) is 0 Å². The van der Waals surface area contributed by atoms with Crippen molar-refractivity contribution in [3.8, 4) is 0 Å². The predicted octanol–water partition coefficient (Wildman–Crippen LogP) is 6.24. The predicted molar refractivity (Wildman–Crippen MR) is 140 cm³/mol. The molecule has 3 aromatic rings. The number of halogens is 1. The number of nitrogens with zero attached hydrogens (tertiary/aromatic N) is 2. The van der Waals surface area contributed by atoms with Gasteiger partial charge in [-0.3, -0.25) is 9.59 Å².